The number of carbonyl (C=O) groups excluding carboxylic acids is 3. The van der Waals surface area contributed by atoms with Gasteiger partial charge in [0.25, 0.3) is 5.91 Å². The zero-order valence-corrected chi connectivity index (χ0v) is 22.1. The molecule has 4 heterocycles. The fraction of sp³-hybridized carbons (Fsp3) is 0.536. The van der Waals surface area contributed by atoms with Crippen LogP contribution < -0.4 is 9.64 Å². The number of hydrogen-bond donors (Lipinski definition) is 1. The predicted octanol–water partition coefficient (Wildman–Crippen LogP) is 2.95. The van der Waals surface area contributed by atoms with Crippen LogP contribution in [0.5, 0.6) is 5.75 Å². The average molecular weight is 527 g/mol. The van der Waals surface area contributed by atoms with Crippen molar-refractivity contribution >= 4 is 35.2 Å². The molecule has 1 N–H and O–H groups in total. The SMILES string of the molecule is CC[C@@H](CO)N1C(=O)[C@@H]2[C@@H]3C(=O)OCCCC/C=C\[C@@H]3S[C@@]23C=CCN(c2ccc(OC)cc2)C(=O)C13. The molecule has 1 aromatic rings. The zero-order valence-electron chi connectivity index (χ0n) is 21.2. The summed E-state index contributed by atoms with van der Waals surface area (Å²) in [5.41, 5.74) is 0.696. The first-order chi connectivity index (χ1) is 18.0. The maximum Gasteiger partial charge on any atom is 0.311 e. The molecule has 8 nitrogen and oxygen atoms in total. The Balaban J connectivity index is 1.61. The van der Waals surface area contributed by atoms with Crippen LogP contribution in [0.15, 0.2) is 48.6 Å². The van der Waals surface area contributed by atoms with E-state index in [4.69, 9.17) is 9.47 Å². The van der Waals surface area contributed by atoms with Crippen molar-refractivity contribution < 1.29 is 29.0 Å². The Kier molecular flexibility index (Phi) is 7.36. The largest absolute Gasteiger partial charge is 0.497 e. The molecule has 2 fully saturated rings. The molecule has 0 saturated carbocycles. The molecule has 198 valence electrons. The lowest BCUT2D eigenvalue weighted by atomic mass is 9.78. The minimum atomic E-state index is -0.940. The molecular formula is C28H34N2O6S. The molecule has 2 amide bonds. The Morgan fingerprint density at radius 2 is 1.95 bits per heavy atom. The molecule has 5 rings (SSSR count). The van der Waals surface area contributed by atoms with E-state index in [0.717, 1.165) is 19.3 Å². The summed E-state index contributed by atoms with van der Waals surface area (Å²) in [4.78, 5) is 45.2. The number of likely N-dealkylation sites (tertiary alicyclic amines) is 1. The van der Waals surface area contributed by atoms with Crippen LogP contribution in [0.3, 0.4) is 0 Å². The van der Waals surface area contributed by atoms with Crippen molar-refractivity contribution in [3.05, 3.63) is 48.6 Å². The normalized spacial score (nSPS) is 33.2. The second-order valence-corrected chi connectivity index (χ2v) is 11.5. The smallest absolute Gasteiger partial charge is 0.311 e. The van der Waals surface area contributed by atoms with Crippen molar-refractivity contribution in [1.82, 2.24) is 4.90 Å². The lowest BCUT2D eigenvalue weighted by molar-refractivity contribution is -0.153. The van der Waals surface area contributed by atoms with Gasteiger partial charge in [0.2, 0.25) is 5.91 Å². The van der Waals surface area contributed by atoms with Crippen LogP contribution in [0.25, 0.3) is 0 Å². The molecule has 4 aliphatic rings. The van der Waals surface area contributed by atoms with Crippen LogP contribution in [-0.2, 0) is 19.1 Å². The topological polar surface area (TPSA) is 96.4 Å². The number of rotatable bonds is 5. The van der Waals surface area contributed by atoms with Gasteiger partial charge in [-0.15, -0.1) is 11.8 Å². The Hall–Kier alpha value is -2.78. The van der Waals surface area contributed by atoms with Crippen LogP contribution in [0.4, 0.5) is 5.69 Å². The summed E-state index contributed by atoms with van der Waals surface area (Å²) >= 11 is 1.52. The van der Waals surface area contributed by atoms with E-state index in [-0.39, 0.29) is 29.6 Å². The number of fused-ring (bicyclic) bond motifs is 2. The number of amides is 2. The van der Waals surface area contributed by atoms with Crippen molar-refractivity contribution in [1.29, 1.82) is 0 Å². The van der Waals surface area contributed by atoms with Crippen molar-refractivity contribution in [2.45, 2.75) is 54.7 Å². The van der Waals surface area contributed by atoms with E-state index in [0.29, 0.717) is 31.0 Å². The number of anilines is 1. The van der Waals surface area contributed by atoms with Gasteiger partial charge in [-0.3, -0.25) is 14.4 Å². The van der Waals surface area contributed by atoms with Gasteiger partial charge in [0.15, 0.2) is 0 Å². The monoisotopic (exact) mass is 526 g/mol. The highest BCUT2D eigenvalue weighted by Crippen LogP contribution is 2.61. The maximum absolute atomic E-state index is 14.4. The van der Waals surface area contributed by atoms with E-state index >= 15 is 0 Å². The number of aliphatic hydroxyl groups is 1. The summed E-state index contributed by atoms with van der Waals surface area (Å²) < 4.78 is 9.98. The molecule has 2 saturated heterocycles. The first-order valence-electron chi connectivity index (χ1n) is 13.0. The van der Waals surface area contributed by atoms with Gasteiger partial charge in [-0.05, 0) is 49.9 Å². The third-order valence-corrected chi connectivity index (χ3v) is 9.74. The average Bonchev–Trinajstić information content (AvgIpc) is 3.30. The molecule has 0 bridgehead atoms. The summed E-state index contributed by atoms with van der Waals surface area (Å²) in [6.07, 6.45) is 11.1. The summed E-state index contributed by atoms with van der Waals surface area (Å²) in [7, 11) is 1.59. The van der Waals surface area contributed by atoms with Crippen LogP contribution >= 0.6 is 11.8 Å². The summed E-state index contributed by atoms with van der Waals surface area (Å²) in [5.74, 6) is -1.62. The number of aliphatic hydroxyl groups excluding tert-OH is 1. The quantitative estimate of drug-likeness (QED) is 0.466. The van der Waals surface area contributed by atoms with Crippen molar-refractivity contribution in [3.63, 3.8) is 0 Å². The van der Waals surface area contributed by atoms with Gasteiger partial charge >= 0.3 is 5.97 Å². The summed E-state index contributed by atoms with van der Waals surface area (Å²) in [5, 5.41) is 9.95. The van der Waals surface area contributed by atoms with E-state index in [2.05, 4.69) is 6.08 Å². The van der Waals surface area contributed by atoms with Gasteiger partial charge in [0, 0.05) is 17.5 Å². The van der Waals surface area contributed by atoms with E-state index in [9.17, 15) is 19.5 Å². The Morgan fingerprint density at radius 3 is 2.65 bits per heavy atom. The first-order valence-corrected chi connectivity index (χ1v) is 13.9. The number of hydrogen-bond acceptors (Lipinski definition) is 7. The fourth-order valence-corrected chi connectivity index (χ4v) is 8.15. The lowest BCUT2D eigenvalue weighted by Gasteiger charge is -2.38. The number of nitrogens with zero attached hydrogens (tertiary/aromatic N) is 2. The van der Waals surface area contributed by atoms with Gasteiger partial charge in [0.1, 0.15) is 11.8 Å². The summed E-state index contributed by atoms with van der Waals surface area (Å²) in [6.45, 7) is 2.30. The van der Waals surface area contributed by atoms with Gasteiger partial charge in [0.05, 0.1) is 42.9 Å². The molecule has 0 aromatic heterocycles. The van der Waals surface area contributed by atoms with Gasteiger partial charge < -0.3 is 24.4 Å². The lowest BCUT2D eigenvalue weighted by Crippen LogP contribution is -2.56. The minimum Gasteiger partial charge on any atom is -0.497 e. The number of allylic oxidation sites excluding steroid dienone is 1. The second-order valence-electron chi connectivity index (χ2n) is 9.97. The van der Waals surface area contributed by atoms with Crippen LogP contribution in [0.2, 0.25) is 0 Å². The first kappa shape index (κ1) is 25.9. The minimum absolute atomic E-state index is 0.216. The van der Waals surface area contributed by atoms with Crippen molar-refractivity contribution in [2.75, 3.05) is 31.8 Å². The summed E-state index contributed by atoms with van der Waals surface area (Å²) in [6, 6.07) is 5.87. The number of benzene rings is 1. The molecule has 9 heteroatoms. The number of esters is 1. The zero-order chi connectivity index (χ0) is 26.2. The molecule has 6 atom stereocenters. The molecule has 0 aliphatic carbocycles. The van der Waals surface area contributed by atoms with Crippen molar-refractivity contribution in [2.24, 2.45) is 11.8 Å². The fourth-order valence-electron chi connectivity index (χ4n) is 6.16. The van der Waals surface area contributed by atoms with E-state index < -0.39 is 28.7 Å². The molecular weight excluding hydrogens is 492 g/mol. The highest BCUT2D eigenvalue weighted by atomic mass is 32.2. The molecule has 0 radical (unpaired) electrons. The molecule has 1 aromatic carbocycles. The Labute approximate surface area is 221 Å². The number of carbonyl (C=O) groups is 3. The van der Waals surface area contributed by atoms with Crippen molar-refractivity contribution in [3.8, 4) is 5.75 Å². The molecule has 4 aliphatic heterocycles. The number of methoxy groups -OCH3 is 1. The van der Waals surface area contributed by atoms with Crippen LogP contribution in [0.1, 0.15) is 32.6 Å². The van der Waals surface area contributed by atoms with E-state index in [1.165, 1.54) is 11.8 Å². The number of cyclic esters (lactones) is 1. The maximum atomic E-state index is 14.4. The third kappa shape index (κ3) is 4.26. The standard InChI is InChI=1S/C28H34N2O6S/c1-3-18(17-31)30-24-26(33)29(19-10-12-20(35-2)13-11-19)15-8-14-28(24)23(25(30)32)22-21(37-28)9-6-4-5-7-16-36-27(22)34/h6,8-14,18,21-24,31H,3-5,7,15-17H2,1-2H3/b9-6-/t18-,21-,22+,23-,24?,28-/m0/s1. The number of ether oxygens (including phenoxy) is 2. The highest BCUT2D eigenvalue weighted by molar-refractivity contribution is 8.02. The predicted molar refractivity (Wildman–Crippen MR) is 141 cm³/mol. The van der Waals surface area contributed by atoms with Crippen LogP contribution in [0, 0.1) is 11.8 Å². The third-order valence-electron chi connectivity index (χ3n) is 8.00. The van der Waals surface area contributed by atoms with Crippen LogP contribution in [-0.4, -0.2) is 76.7 Å². The van der Waals surface area contributed by atoms with Gasteiger partial charge in [-0.1, -0.05) is 31.2 Å². The highest BCUT2D eigenvalue weighted by Gasteiger charge is 2.71. The second kappa shape index (κ2) is 10.5. The molecule has 37 heavy (non-hydrogen) atoms. The van der Waals surface area contributed by atoms with E-state index in [1.807, 2.05) is 37.3 Å². The molecule has 1 spiro atoms. The Bertz CT molecular complexity index is 1100. The van der Waals surface area contributed by atoms with Gasteiger partial charge in [-0.25, -0.2) is 0 Å². The molecule has 1 unspecified atom stereocenters. The van der Waals surface area contributed by atoms with Gasteiger partial charge in [-0.2, -0.15) is 0 Å². The number of thioether (sulfide) groups is 1. The van der Waals surface area contributed by atoms with E-state index in [1.54, 1.807) is 29.0 Å². The Morgan fingerprint density at radius 1 is 1.16 bits per heavy atom.